The monoisotopic (exact) mass is 131 g/mol. The van der Waals surface area contributed by atoms with Crippen molar-refractivity contribution in [1.29, 1.82) is 0 Å². The summed E-state index contributed by atoms with van der Waals surface area (Å²) in [6, 6.07) is 0. The molecule has 0 aromatic carbocycles. The molecule has 3 N–H and O–H groups in total. The van der Waals surface area contributed by atoms with Crippen molar-refractivity contribution >= 4 is 5.96 Å². The van der Waals surface area contributed by atoms with E-state index in [0.29, 0.717) is 5.96 Å². The third-order valence-corrected chi connectivity index (χ3v) is 0.746. The number of guanidine groups is 1. The highest BCUT2D eigenvalue weighted by atomic mass is 16.6. The highest BCUT2D eigenvalue weighted by Crippen LogP contribution is 1.70. The van der Waals surface area contributed by atoms with E-state index >= 15 is 0 Å². The Hall–Kier alpha value is -0.930. The second-order valence-electron chi connectivity index (χ2n) is 1.59. The van der Waals surface area contributed by atoms with Gasteiger partial charge in [0.25, 0.3) is 0 Å². The van der Waals surface area contributed by atoms with Crippen LogP contribution in [-0.2, 0) is 4.84 Å². The Labute approximate surface area is 55.1 Å². The molecular formula is C5H13N3O. The number of hydrogen-bond acceptors (Lipinski definition) is 2. The summed E-state index contributed by atoms with van der Waals surface area (Å²) in [7, 11) is 1.46. The Morgan fingerprint density at radius 1 is 1.78 bits per heavy atom. The summed E-state index contributed by atoms with van der Waals surface area (Å²) in [5, 5.41) is 6.28. The summed E-state index contributed by atoms with van der Waals surface area (Å²) in [6.45, 7) is 2.88. The molecule has 4 heteroatoms. The van der Waals surface area contributed by atoms with Crippen LogP contribution in [-0.4, -0.2) is 19.6 Å². The molecule has 0 spiro atoms. The second kappa shape index (κ2) is 5.21. The molecule has 0 aliphatic rings. The van der Waals surface area contributed by atoms with E-state index in [2.05, 4.69) is 15.3 Å². The molecule has 0 aromatic rings. The smallest absolute Gasteiger partial charge is 0.230 e. The maximum Gasteiger partial charge on any atom is 0.230 e. The lowest BCUT2D eigenvalue weighted by Gasteiger charge is -1.99. The molecule has 0 bridgehead atoms. The van der Waals surface area contributed by atoms with E-state index in [0.717, 1.165) is 13.0 Å². The van der Waals surface area contributed by atoms with Gasteiger partial charge in [0.05, 0.1) is 0 Å². The van der Waals surface area contributed by atoms with Gasteiger partial charge in [0, 0.05) is 6.54 Å². The standard InChI is InChI=1S/C5H13N3O/c1-3-4-7-5(6)8-9-2/h3-4H2,1-2H3,(H3,6,7,8). The average Bonchev–Trinajstić information content (AvgIpc) is 1.85. The first kappa shape index (κ1) is 8.07. The average molecular weight is 131 g/mol. The lowest BCUT2D eigenvalue weighted by Crippen LogP contribution is -2.32. The van der Waals surface area contributed by atoms with E-state index in [1.54, 1.807) is 0 Å². The molecule has 0 radical (unpaired) electrons. The summed E-state index contributed by atoms with van der Waals surface area (Å²) in [4.78, 5) is 4.40. The van der Waals surface area contributed by atoms with E-state index in [1.807, 2.05) is 6.92 Å². The predicted octanol–water partition coefficient (Wildman–Crippen LogP) is -0.138. The molecule has 0 aliphatic carbocycles. The zero-order chi connectivity index (χ0) is 7.11. The molecule has 54 valence electrons. The number of oxime groups is 1. The van der Waals surface area contributed by atoms with Crippen LogP contribution < -0.4 is 11.1 Å². The Balaban J connectivity index is 3.25. The normalized spacial score (nSPS) is 11.1. The van der Waals surface area contributed by atoms with Crippen molar-refractivity contribution in [2.45, 2.75) is 13.3 Å². The predicted molar refractivity (Wildman–Crippen MR) is 36.9 cm³/mol. The maximum atomic E-state index is 5.28. The van der Waals surface area contributed by atoms with Crippen LogP contribution in [0.1, 0.15) is 13.3 Å². The molecule has 0 amide bonds. The molecule has 0 heterocycles. The molecule has 9 heavy (non-hydrogen) atoms. The van der Waals surface area contributed by atoms with Gasteiger partial charge in [0.15, 0.2) is 0 Å². The third-order valence-electron chi connectivity index (χ3n) is 0.746. The molecule has 4 nitrogen and oxygen atoms in total. The third kappa shape index (κ3) is 4.93. The van der Waals surface area contributed by atoms with Gasteiger partial charge in [0.1, 0.15) is 7.11 Å². The Kier molecular flexibility index (Phi) is 4.67. The molecule has 0 fully saturated rings. The van der Waals surface area contributed by atoms with Gasteiger partial charge in [-0.3, -0.25) is 0 Å². The molecule has 0 aromatic heterocycles. The summed E-state index contributed by atoms with van der Waals surface area (Å²) >= 11 is 0. The summed E-state index contributed by atoms with van der Waals surface area (Å²) in [5.74, 6) is 0.333. The number of nitrogens with two attached hydrogens (primary N) is 1. The fourth-order valence-corrected chi connectivity index (χ4v) is 0.384. The van der Waals surface area contributed by atoms with Crippen molar-refractivity contribution in [3.8, 4) is 0 Å². The van der Waals surface area contributed by atoms with Crippen molar-refractivity contribution in [3.05, 3.63) is 0 Å². The highest BCUT2D eigenvalue weighted by molar-refractivity contribution is 5.77. The van der Waals surface area contributed by atoms with Crippen molar-refractivity contribution in [3.63, 3.8) is 0 Å². The van der Waals surface area contributed by atoms with E-state index in [1.165, 1.54) is 7.11 Å². The molecule has 0 unspecified atom stereocenters. The van der Waals surface area contributed by atoms with Crippen LogP contribution in [0.3, 0.4) is 0 Å². The number of nitrogens with one attached hydrogen (secondary N) is 1. The Morgan fingerprint density at radius 3 is 2.89 bits per heavy atom. The van der Waals surface area contributed by atoms with E-state index in [-0.39, 0.29) is 0 Å². The molecule has 0 saturated heterocycles. The van der Waals surface area contributed by atoms with Crippen LogP contribution in [0, 0.1) is 0 Å². The van der Waals surface area contributed by atoms with Gasteiger partial charge in [-0.15, -0.1) is 0 Å². The van der Waals surface area contributed by atoms with Crippen LogP contribution >= 0.6 is 0 Å². The first-order valence-corrected chi connectivity index (χ1v) is 2.91. The Morgan fingerprint density at radius 2 is 2.44 bits per heavy atom. The fourth-order valence-electron chi connectivity index (χ4n) is 0.384. The van der Waals surface area contributed by atoms with Crippen molar-refractivity contribution in [2.24, 2.45) is 10.9 Å². The van der Waals surface area contributed by atoms with Gasteiger partial charge >= 0.3 is 0 Å². The zero-order valence-electron chi connectivity index (χ0n) is 5.85. The summed E-state index contributed by atoms with van der Waals surface area (Å²) < 4.78 is 0. The molecular weight excluding hydrogens is 118 g/mol. The number of rotatable bonds is 3. The first-order valence-electron chi connectivity index (χ1n) is 2.91. The van der Waals surface area contributed by atoms with Crippen LogP contribution in [0.5, 0.6) is 0 Å². The quantitative estimate of drug-likeness (QED) is 0.318. The van der Waals surface area contributed by atoms with Crippen LogP contribution in [0.15, 0.2) is 5.16 Å². The van der Waals surface area contributed by atoms with Gasteiger partial charge in [-0.25, -0.2) is 0 Å². The van der Waals surface area contributed by atoms with E-state index in [9.17, 15) is 0 Å². The minimum absolute atomic E-state index is 0.333. The van der Waals surface area contributed by atoms with Crippen molar-refractivity contribution in [2.75, 3.05) is 13.7 Å². The zero-order valence-corrected chi connectivity index (χ0v) is 5.85. The van der Waals surface area contributed by atoms with E-state index < -0.39 is 0 Å². The lowest BCUT2D eigenvalue weighted by molar-refractivity contribution is 0.211. The Bertz CT molecular complexity index is 92.2. The van der Waals surface area contributed by atoms with Crippen LogP contribution in [0.4, 0.5) is 0 Å². The number of hydrogen-bond donors (Lipinski definition) is 2. The van der Waals surface area contributed by atoms with Gasteiger partial charge < -0.3 is 15.9 Å². The maximum absolute atomic E-state index is 5.28. The van der Waals surface area contributed by atoms with Gasteiger partial charge in [-0.05, 0) is 11.6 Å². The minimum atomic E-state index is 0.333. The number of nitrogens with zero attached hydrogens (tertiary/aromatic N) is 1. The largest absolute Gasteiger partial charge is 0.396 e. The highest BCUT2D eigenvalue weighted by Gasteiger charge is 1.85. The van der Waals surface area contributed by atoms with Crippen molar-refractivity contribution < 1.29 is 4.84 Å². The molecule has 0 saturated carbocycles. The second-order valence-corrected chi connectivity index (χ2v) is 1.59. The van der Waals surface area contributed by atoms with Gasteiger partial charge in [-0.1, -0.05) is 6.92 Å². The molecule has 0 aliphatic heterocycles. The first-order chi connectivity index (χ1) is 4.31. The SMILES string of the molecule is CCCN/C(N)=N/OC. The summed E-state index contributed by atoms with van der Waals surface area (Å²) in [5.41, 5.74) is 5.28. The molecule has 0 atom stereocenters. The fraction of sp³-hybridized carbons (Fsp3) is 0.800. The van der Waals surface area contributed by atoms with E-state index in [4.69, 9.17) is 5.73 Å². The summed E-state index contributed by atoms with van der Waals surface area (Å²) in [6.07, 6.45) is 1.03. The minimum Gasteiger partial charge on any atom is -0.396 e. The van der Waals surface area contributed by atoms with Crippen LogP contribution in [0.2, 0.25) is 0 Å². The van der Waals surface area contributed by atoms with Gasteiger partial charge in [-0.2, -0.15) is 0 Å². The van der Waals surface area contributed by atoms with Gasteiger partial charge in [0.2, 0.25) is 5.96 Å². The molecule has 0 rings (SSSR count). The van der Waals surface area contributed by atoms with Crippen molar-refractivity contribution in [1.82, 2.24) is 5.32 Å². The topological polar surface area (TPSA) is 59.6 Å². The lowest BCUT2D eigenvalue weighted by atomic mass is 10.5. The van der Waals surface area contributed by atoms with Crippen LogP contribution in [0.25, 0.3) is 0 Å².